The highest BCUT2D eigenvalue weighted by atomic mass is 16.2. The summed E-state index contributed by atoms with van der Waals surface area (Å²) in [5.74, 6) is -0.508. The highest BCUT2D eigenvalue weighted by molar-refractivity contribution is 5.99. The molecular weight excluding hydrogens is 390 g/mol. The van der Waals surface area contributed by atoms with Crippen molar-refractivity contribution >= 4 is 11.8 Å². The van der Waals surface area contributed by atoms with Gasteiger partial charge in [0.05, 0.1) is 0 Å². The maximum atomic E-state index is 13.4. The highest BCUT2D eigenvalue weighted by Gasteiger charge is 2.29. The van der Waals surface area contributed by atoms with E-state index in [-0.39, 0.29) is 29.0 Å². The number of piperidine rings is 1. The van der Waals surface area contributed by atoms with Crippen molar-refractivity contribution in [2.24, 2.45) is 0 Å². The van der Waals surface area contributed by atoms with Gasteiger partial charge in [-0.05, 0) is 53.0 Å². The molecule has 2 heterocycles. The first-order valence-electron chi connectivity index (χ1n) is 11.0. The van der Waals surface area contributed by atoms with Gasteiger partial charge < -0.3 is 14.8 Å². The van der Waals surface area contributed by atoms with Gasteiger partial charge in [0, 0.05) is 43.0 Å². The molecule has 3 rings (SSSR count). The van der Waals surface area contributed by atoms with Gasteiger partial charge in [-0.25, -0.2) is 0 Å². The Morgan fingerprint density at radius 2 is 1.71 bits per heavy atom. The lowest BCUT2D eigenvalue weighted by Gasteiger charge is -2.33. The van der Waals surface area contributed by atoms with Crippen LogP contribution >= 0.6 is 0 Å². The summed E-state index contributed by atoms with van der Waals surface area (Å²) < 4.78 is 1.77. The Balaban J connectivity index is 1.94. The molecular formula is C25H33N3O3. The van der Waals surface area contributed by atoms with Gasteiger partial charge in [0.15, 0.2) is 0 Å². The third-order valence-electron chi connectivity index (χ3n) is 5.59. The average molecular weight is 424 g/mol. The summed E-state index contributed by atoms with van der Waals surface area (Å²) in [6.45, 7) is 10.7. The molecule has 1 saturated heterocycles. The van der Waals surface area contributed by atoms with Gasteiger partial charge in [-0.15, -0.1) is 0 Å². The quantitative estimate of drug-likeness (QED) is 0.809. The monoisotopic (exact) mass is 423 g/mol. The van der Waals surface area contributed by atoms with Gasteiger partial charge >= 0.3 is 0 Å². The lowest BCUT2D eigenvalue weighted by Crippen LogP contribution is -2.45. The lowest BCUT2D eigenvalue weighted by molar-refractivity contribution is 0.0704. The van der Waals surface area contributed by atoms with Gasteiger partial charge in [0.1, 0.15) is 11.1 Å². The van der Waals surface area contributed by atoms with Gasteiger partial charge in [0.2, 0.25) is 5.43 Å². The number of aromatic nitrogens is 1. The maximum Gasteiger partial charge on any atom is 0.259 e. The Morgan fingerprint density at radius 1 is 1.06 bits per heavy atom. The molecule has 1 unspecified atom stereocenters. The fraction of sp³-hybridized carbons (Fsp3) is 0.480. The minimum Gasteiger partial charge on any atom is -0.350 e. The normalized spacial score (nSPS) is 17.0. The van der Waals surface area contributed by atoms with E-state index in [1.54, 1.807) is 21.9 Å². The van der Waals surface area contributed by atoms with E-state index in [1.165, 1.54) is 5.56 Å². The van der Waals surface area contributed by atoms with Crippen molar-refractivity contribution < 1.29 is 9.59 Å². The number of hydrogen-bond donors (Lipinski definition) is 1. The van der Waals surface area contributed by atoms with Gasteiger partial charge in [-0.2, -0.15) is 0 Å². The van der Waals surface area contributed by atoms with Crippen LogP contribution in [0.1, 0.15) is 85.7 Å². The van der Waals surface area contributed by atoms with Crippen molar-refractivity contribution in [3.63, 3.8) is 0 Å². The maximum absolute atomic E-state index is 13.4. The van der Waals surface area contributed by atoms with E-state index in [1.807, 2.05) is 52.8 Å². The Hall–Kier alpha value is -2.89. The topological polar surface area (TPSA) is 71.4 Å². The van der Waals surface area contributed by atoms with Crippen LogP contribution in [-0.4, -0.2) is 39.9 Å². The smallest absolute Gasteiger partial charge is 0.259 e. The van der Waals surface area contributed by atoms with Crippen molar-refractivity contribution in [3.05, 3.63) is 69.6 Å². The molecule has 1 atom stereocenters. The number of hydrogen-bond acceptors (Lipinski definition) is 3. The predicted molar refractivity (Wildman–Crippen MR) is 123 cm³/mol. The van der Waals surface area contributed by atoms with E-state index >= 15 is 0 Å². The van der Waals surface area contributed by atoms with Crippen LogP contribution < -0.4 is 10.7 Å². The van der Waals surface area contributed by atoms with Crippen LogP contribution in [0.4, 0.5) is 0 Å². The first kappa shape index (κ1) is 22.8. The van der Waals surface area contributed by atoms with Crippen molar-refractivity contribution in [2.75, 3.05) is 13.1 Å². The number of nitrogens with one attached hydrogen (secondary N) is 1. The number of carbonyl (C=O) groups is 2. The fourth-order valence-corrected chi connectivity index (χ4v) is 3.95. The number of nitrogens with zero attached hydrogens (tertiary/aromatic N) is 2. The molecule has 1 aliphatic heterocycles. The van der Waals surface area contributed by atoms with E-state index < -0.39 is 16.9 Å². The van der Waals surface area contributed by atoms with Crippen LogP contribution in [0.3, 0.4) is 0 Å². The molecule has 1 aromatic carbocycles. The largest absolute Gasteiger partial charge is 0.350 e. The van der Waals surface area contributed by atoms with E-state index in [4.69, 9.17) is 0 Å². The van der Waals surface area contributed by atoms with Crippen LogP contribution in [0.5, 0.6) is 0 Å². The number of benzene rings is 1. The summed E-state index contributed by atoms with van der Waals surface area (Å²) in [5.41, 5.74) is 0.278. The molecule has 6 nitrogen and oxygen atoms in total. The summed E-state index contributed by atoms with van der Waals surface area (Å²) in [5, 5.41) is 2.84. The Kier molecular flexibility index (Phi) is 6.68. The number of carbonyl (C=O) groups excluding carboxylic acids is 2. The summed E-state index contributed by atoms with van der Waals surface area (Å²) in [6.07, 6.45) is 5.04. The third kappa shape index (κ3) is 5.43. The van der Waals surface area contributed by atoms with Crippen molar-refractivity contribution in [1.29, 1.82) is 0 Å². The zero-order valence-electron chi connectivity index (χ0n) is 19.1. The molecule has 0 spiro atoms. The molecule has 1 fully saturated rings. The van der Waals surface area contributed by atoms with Crippen LogP contribution in [0, 0.1) is 0 Å². The number of pyridine rings is 1. The van der Waals surface area contributed by atoms with Crippen LogP contribution in [-0.2, 0) is 0 Å². The zero-order chi connectivity index (χ0) is 22.8. The Labute approximate surface area is 184 Å². The molecule has 0 radical (unpaired) electrons. The number of rotatable bonds is 4. The lowest BCUT2D eigenvalue weighted by atomic mass is 9.90. The first-order valence-corrected chi connectivity index (χ1v) is 11.0. The van der Waals surface area contributed by atoms with Crippen LogP contribution in [0.15, 0.2) is 47.5 Å². The molecule has 31 heavy (non-hydrogen) atoms. The molecule has 2 aromatic rings. The third-order valence-corrected chi connectivity index (χ3v) is 5.59. The predicted octanol–water partition coefficient (Wildman–Crippen LogP) is 3.98. The molecule has 2 amide bonds. The van der Waals surface area contributed by atoms with E-state index in [2.05, 4.69) is 17.4 Å². The molecule has 6 heteroatoms. The number of likely N-dealkylation sites (tertiary alicyclic amines) is 1. The van der Waals surface area contributed by atoms with E-state index in [0.29, 0.717) is 13.1 Å². The van der Waals surface area contributed by atoms with Gasteiger partial charge in [-0.1, -0.05) is 30.3 Å². The second-order valence-corrected chi connectivity index (χ2v) is 9.66. The summed E-state index contributed by atoms with van der Waals surface area (Å²) in [7, 11) is 0. The fourth-order valence-electron chi connectivity index (χ4n) is 3.95. The minimum atomic E-state index is -0.509. The van der Waals surface area contributed by atoms with Crippen molar-refractivity contribution in [1.82, 2.24) is 14.8 Å². The highest BCUT2D eigenvalue weighted by Crippen LogP contribution is 2.27. The van der Waals surface area contributed by atoms with Crippen LogP contribution in [0.2, 0.25) is 0 Å². The van der Waals surface area contributed by atoms with E-state index in [0.717, 1.165) is 12.8 Å². The average Bonchev–Trinajstić information content (AvgIpc) is 2.72. The van der Waals surface area contributed by atoms with E-state index in [9.17, 15) is 14.4 Å². The molecule has 1 N–H and O–H groups in total. The second-order valence-electron chi connectivity index (χ2n) is 9.66. The zero-order valence-corrected chi connectivity index (χ0v) is 19.1. The molecule has 166 valence electrons. The minimum absolute atomic E-state index is 0.00564. The second kappa shape index (κ2) is 9.08. The molecule has 0 bridgehead atoms. The van der Waals surface area contributed by atoms with Gasteiger partial charge in [-0.3, -0.25) is 14.4 Å². The standard InChI is InChI=1S/C25H33N3O3/c1-17(2)28-15-20(23(30)26-25(3,4)5)22(29)21(16-28)24(31)27-13-9-12-19(14-27)18-10-7-6-8-11-18/h6-8,10-11,15-17,19H,9,12-14H2,1-5H3,(H,26,30). The molecule has 0 saturated carbocycles. The summed E-state index contributed by atoms with van der Waals surface area (Å²) in [4.78, 5) is 41.2. The number of amides is 2. The Morgan fingerprint density at radius 3 is 2.32 bits per heavy atom. The Bertz CT molecular complexity index is 1000. The summed E-state index contributed by atoms with van der Waals surface area (Å²) in [6, 6.07) is 10.2. The van der Waals surface area contributed by atoms with Crippen LogP contribution in [0.25, 0.3) is 0 Å². The van der Waals surface area contributed by atoms with Crippen molar-refractivity contribution in [2.45, 2.75) is 65.0 Å². The van der Waals surface area contributed by atoms with Gasteiger partial charge in [0.25, 0.3) is 11.8 Å². The van der Waals surface area contributed by atoms with Crippen molar-refractivity contribution in [3.8, 4) is 0 Å². The summed E-state index contributed by atoms with van der Waals surface area (Å²) >= 11 is 0. The molecule has 1 aliphatic rings. The SMILES string of the molecule is CC(C)n1cc(C(=O)NC(C)(C)C)c(=O)c(C(=O)N2CCCC(c3ccccc3)C2)c1. The molecule has 1 aromatic heterocycles. The molecule has 0 aliphatic carbocycles. The first-order chi connectivity index (χ1) is 14.6.